The van der Waals surface area contributed by atoms with E-state index in [1.54, 1.807) is 0 Å². The maximum Gasteiger partial charge on any atom is 0.250 e. The lowest BCUT2D eigenvalue weighted by Crippen LogP contribution is -2.17. The van der Waals surface area contributed by atoms with E-state index in [9.17, 15) is 9.18 Å². The van der Waals surface area contributed by atoms with Crippen molar-refractivity contribution in [1.29, 1.82) is 0 Å². The van der Waals surface area contributed by atoms with Crippen LogP contribution in [0, 0.1) is 17.7 Å². The largest absolute Gasteiger partial charge is 0.398 e. The average Bonchev–Trinajstić information content (AvgIpc) is 2.43. The van der Waals surface area contributed by atoms with Gasteiger partial charge in [-0.3, -0.25) is 4.79 Å². The number of primary amides is 1. The zero-order chi connectivity index (χ0) is 15.4. The van der Waals surface area contributed by atoms with Crippen molar-refractivity contribution in [3.05, 3.63) is 23.5 Å². The van der Waals surface area contributed by atoms with Gasteiger partial charge in [0.1, 0.15) is 5.82 Å². The Hall–Kier alpha value is -1.78. The highest BCUT2D eigenvalue weighted by atomic mass is 19.1. The van der Waals surface area contributed by atoms with E-state index >= 15 is 0 Å². The number of carbonyl (C=O) groups excluding carboxylic acids is 1. The molecule has 0 radical (unpaired) electrons. The zero-order valence-corrected chi connectivity index (χ0v) is 12.5. The van der Waals surface area contributed by atoms with Gasteiger partial charge in [0.2, 0.25) is 0 Å². The minimum atomic E-state index is -0.642. The number of nitrogens with two attached hydrogens (primary N) is 2. The summed E-state index contributed by atoms with van der Waals surface area (Å²) in [4.78, 5) is 11.2. The molecule has 0 aliphatic heterocycles. The molecule has 2 rings (SSSR count). The summed E-state index contributed by atoms with van der Waals surface area (Å²) in [5.41, 5.74) is 11.3. The van der Waals surface area contributed by atoms with Gasteiger partial charge in [-0.25, -0.2) is 4.39 Å². The van der Waals surface area contributed by atoms with Crippen molar-refractivity contribution in [2.24, 2.45) is 17.6 Å². The Bertz CT molecular complexity index is 510. The third kappa shape index (κ3) is 4.09. The van der Waals surface area contributed by atoms with E-state index in [2.05, 4.69) is 12.2 Å². The molecule has 21 heavy (non-hydrogen) atoms. The smallest absolute Gasteiger partial charge is 0.250 e. The number of amides is 1. The number of hydrogen-bond acceptors (Lipinski definition) is 3. The molecule has 0 aromatic heterocycles. The molecule has 1 aliphatic rings. The first-order chi connectivity index (χ1) is 9.97. The fourth-order valence-corrected chi connectivity index (χ4v) is 2.97. The zero-order valence-electron chi connectivity index (χ0n) is 12.5. The summed E-state index contributed by atoms with van der Waals surface area (Å²) in [7, 11) is 0. The summed E-state index contributed by atoms with van der Waals surface area (Å²) in [6.45, 7) is 2.99. The number of hydrogen-bond donors (Lipinski definition) is 3. The van der Waals surface area contributed by atoms with Crippen LogP contribution >= 0.6 is 0 Å². The molecule has 1 saturated carbocycles. The second-order valence-corrected chi connectivity index (χ2v) is 6.12. The van der Waals surface area contributed by atoms with Crippen LogP contribution in [-0.2, 0) is 0 Å². The molecule has 0 bridgehead atoms. The van der Waals surface area contributed by atoms with Crippen LogP contribution < -0.4 is 16.8 Å². The van der Waals surface area contributed by atoms with E-state index in [1.807, 2.05) is 0 Å². The molecular weight excluding hydrogens is 269 g/mol. The van der Waals surface area contributed by atoms with Crippen molar-refractivity contribution in [3.63, 3.8) is 0 Å². The van der Waals surface area contributed by atoms with Crippen molar-refractivity contribution >= 4 is 17.3 Å². The van der Waals surface area contributed by atoms with E-state index < -0.39 is 11.7 Å². The molecule has 0 saturated heterocycles. The normalized spacial score (nSPS) is 22.0. The molecule has 1 amide bonds. The highest BCUT2D eigenvalue weighted by Crippen LogP contribution is 2.30. The van der Waals surface area contributed by atoms with Crippen LogP contribution in [0.4, 0.5) is 15.8 Å². The molecule has 1 fully saturated rings. The molecule has 1 aromatic carbocycles. The monoisotopic (exact) mass is 293 g/mol. The lowest BCUT2D eigenvalue weighted by Gasteiger charge is -2.26. The van der Waals surface area contributed by atoms with E-state index in [-0.39, 0.29) is 11.3 Å². The van der Waals surface area contributed by atoms with Crippen LogP contribution in [0.15, 0.2) is 12.1 Å². The van der Waals surface area contributed by atoms with Crippen molar-refractivity contribution in [2.45, 2.75) is 39.0 Å². The van der Waals surface area contributed by atoms with Crippen LogP contribution in [-0.4, -0.2) is 12.5 Å². The van der Waals surface area contributed by atoms with E-state index in [0.29, 0.717) is 18.2 Å². The molecule has 0 atom stereocenters. The topological polar surface area (TPSA) is 81.1 Å². The first-order valence-corrected chi connectivity index (χ1v) is 7.60. The number of rotatable bonds is 5. The van der Waals surface area contributed by atoms with Crippen molar-refractivity contribution in [1.82, 2.24) is 0 Å². The Labute approximate surface area is 125 Å². The van der Waals surface area contributed by atoms with Crippen LogP contribution in [0.1, 0.15) is 49.4 Å². The maximum absolute atomic E-state index is 13.8. The van der Waals surface area contributed by atoms with Gasteiger partial charge in [-0.05, 0) is 30.4 Å². The summed E-state index contributed by atoms with van der Waals surface area (Å²) in [6, 6.07) is 2.54. The fraction of sp³-hybridized carbons (Fsp3) is 0.562. The SMILES string of the molecule is CC1CCC(CCNc2cc(C(N)=O)c(N)cc2F)CC1. The lowest BCUT2D eigenvalue weighted by molar-refractivity contribution is 0.100. The van der Waals surface area contributed by atoms with Crippen molar-refractivity contribution < 1.29 is 9.18 Å². The van der Waals surface area contributed by atoms with Crippen molar-refractivity contribution in [2.75, 3.05) is 17.6 Å². The average molecular weight is 293 g/mol. The fourth-order valence-electron chi connectivity index (χ4n) is 2.97. The van der Waals surface area contributed by atoms with Crippen LogP contribution in [0.3, 0.4) is 0 Å². The predicted molar refractivity (Wildman–Crippen MR) is 83.6 cm³/mol. The van der Waals surface area contributed by atoms with Gasteiger partial charge in [0.25, 0.3) is 5.91 Å². The predicted octanol–water partition coefficient (Wildman–Crippen LogP) is 3.14. The second-order valence-electron chi connectivity index (χ2n) is 6.12. The molecular formula is C16H24FN3O. The van der Waals surface area contributed by atoms with Gasteiger partial charge in [-0.15, -0.1) is 0 Å². The van der Waals surface area contributed by atoms with Gasteiger partial charge in [-0.1, -0.05) is 32.6 Å². The highest BCUT2D eigenvalue weighted by Gasteiger charge is 2.18. The van der Waals surface area contributed by atoms with E-state index in [4.69, 9.17) is 11.5 Å². The molecule has 0 spiro atoms. The molecule has 1 aliphatic carbocycles. The molecule has 0 heterocycles. The molecule has 5 heteroatoms. The van der Waals surface area contributed by atoms with Crippen LogP contribution in [0.2, 0.25) is 0 Å². The molecule has 0 unspecified atom stereocenters. The first-order valence-electron chi connectivity index (χ1n) is 7.60. The van der Waals surface area contributed by atoms with Gasteiger partial charge in [0.15, 0.2) is 0 Å². The number of anilines is 2. The number of benzene rings is 1. The van der Waals surface area contributed by atoms with Crippen LogP contribution in [0.5, 0.6) is 0 Å². The van der Waals surface area contributed by atoms with Gasteiger partial charge >= 0.3 is 0 Å². The minimum Gasteiger partial charge on any atom is -0.398 e. The van der Waals surface area contributed by atoms with Crippen molar-refractivity contribution in [3.8, 4) is 0 Å². The Balaban J connectivity index is 1.91. The summed E-state index contributed by atoms with van der Waals surface area (Å²) >= 11 is 0. The Morgan fingerprint density at radius 1 is 1.33 bits per heavy atom. The molecule has 116 valence electrons. The second kappa shape index (κ2) is 6.78. The summed E-state index contributed by atoms with van der Waals surface area (Å²) in [5.74, 6) is 0.453. The quantitative estimate of drug-likeness (QED) is 0.729. The summed E-state index contributed by atoms with van der Waals surface area (Å²) in [6.07, 6.45) is 6.08. The molecule has 5 N–H and O–H groups in total. The third-order valence-electron chi connectivity index (χ3n) is 4.41. The summed E-state index contributed by atoms with van der Waals surface area (Å²) in [5, 5.41) is 3.06. The summed E-state index contributed by atoms with van der Waals surface area (Å²) < 4.78 is 13.8. The van der Waals surface area contributed by atoms with Gasteiger partial charge in [0, 0.05) is 12.2 Å². The van der Waals surface area contributed by atoms with Gasteiger partial charge in [-0.2, -0.15) is 0 Å². The van der Waals surface area contributed by atoms with Gasteiger partial charge < -0.3 is 16.8 Å². The number of nitrogens with one attached hydrogen (secondary N) is 1. The Kier molecular flexibility index (Phi) is 5.04. The van der Waals surface area contributed by atoms with Crippen LogP contribution in [0.25, 0.3) is 0 Å². The van der Waals surface area contributed by atoms with E-state index in [1.165, 1.54) is 31.7 Å². The molecule has 1 aromatic rings. The standard InChI is InChI=1S/C16H24FN3O/c1-10-2-4-11(5-3-10)6-7-20-15-8-12(16(19)21)14(18)9-13(15)17/h8-11,20H,2-7,18H2,1H3,(H2,19,21). The number of carbonyl (C=O) groups is 1. The minimum absolute atomic E-state index is 0.0758. The first kappa shape index (κ1) is 15.6. The highest BCUT2D eigenvalue weighted by molar-refractivity contribution is 5.99. The molecule has 4 nitrogen and oxygen atoms in total. The number of halogens is 1. The number of nitrogen functional groups attached to an aromatic ring is 1. The maximum atomic E-state index is 13.8. The lowest BCUT2D eigenvalue weighted by atomic mass is 9.81. The van der Waals surface area contributed by atoms with E-state index in [0.717, 1.165) is 18.4 Å². The Morgan fingerprint density at radius 2 is 2.00 bits per heavy atom. The third-order valence-corrected chi connectivity index (χ3v) is 4.41. The Morgan fingerprint density at radius 3 is 2.62 bits per heavy atom. The van der Waals surface area contributed by atoms with Gasteiger partial charge in [0.05, 0.1) is 11.3 Å².